The highest BCUT2D eigenvalue weighted by atomic mass is 16.4. The molecule has 0 aliphatic heterocycles. The molecule has 0 saturated heterocycles. The Morgan fingerprint density at radius 2 is 2.17 bits per heavy atom. The van der Waals surface area contributed by atoms with E-state index in [0.29, 0.717) is 11.3 Å². The van der Waals surface area contributed by atoms with Crippen molar-refractivity contribution in [2.24, 2.45) is 22.2 Å². The lowest BCUT2D eigenvalue weighted by Crippen LogP contribution is -2.80. The SMILES string of the molecule is CC12CC3(C(=O)O)[C@H]1CC[C@]23C. The second-order valence-electron chi connectivity index (χ2n) is 5.29. The predicted molar refractivity (Wildman–Crippen MR) is 43.6 cm³/mol. The molecular formula is C10H14O2. The van der Waals surface area contributed by atoms with Crippen LogP contribution in [0.5, 0.6) is 0 Å². The van der Waals surface area contributed by atoms with E-state index in [4.69, 9.17) is 0 Å². The largest absolute Gasteiger partial charge is 0.481 e. The molecule has 5 aliphatic rings. The van der Waals surface area contributed by atoms with E-state index in [1.54, 1.807) is 0 Å². The standard InChI is InChI=1S/C10H14O2/c1-8-5-10(7(11)12)6(8)3-4-9(8,10)2/h6H,3-5H2,1-2H3,(H,11,12)/t6-,8?,9+,10?/m0/s1. The Kier molecular flexibility index (Phi) is 0.774. The van der Waals surface area contributed by atoms with Gasteiger partial charge in [-0.3, -0.25) is 4.79 Å². The van der Waals surface area contributed by atoms with Crippen molar-refractivity contribution >= 4 is 5.97 Å². The van der Waals surface area contributed by atoms with Gasteiger partial charge in [0.15, 0.2) is 0 Å². The summed E-state index contributed by atoms with van der Waals surface area (Å²) < 4.78 is 0. The molecule has 5 saturated carbocycles. The predicted octanol–water partition coefficient (Wildman–Crippen LogP) is 1.90. The van der Waals surface area contributed by atoms with Crippen molar-refractivity contribution in [3.8, 4) is 0 Å². The Morgan fingerprint density at radius 3 is 2.42 bits per heavy atom. The molecular weight excluding hydrogens is 152 g/mol. The van der Waals surface area contributed by atoms with Crippen LogP contribution in [0.1, 0.15) is 33.1 Å². The van der Waals surface area contributed by atoms with Crippen molar-refractivity contribution in [1.82, 2.24) is 0 Å². The van der Waals surface area contributed by atoms with Crippen molar-refractivity contribution in [2.75, 3.05) is 0 Å². The second-order valence-corrected chi connectivity index (χ2v) is 5.29. The maximum Gasteiger partial charge on any atom is 0.310 e. The van der Waals surface area contributed by atoms with Crippen LogP contribution in [-0.4, -0.2) is 11.1 Å². The van der Waals surface area contributed by atoms with Gasteiger partial charge in [0.25, 0.3) is 0 Å². The highest BCUT2D eigenvalue weighted by Crippen LogP contribution is 2.93. The Bertz CT molecular complexity index is 298. The van der Waals surface area contributed by atoms with Crippen LogP contribution in [0, 0.1) is 22.2 Å². The number of rotatable bonds is 1. The molecule has 5 fully saturated rings. The summed E-state index contributed by atoms with van der Waals surface area (Å²) in [6.45, 7) is 4.45. The summed E-state index contributed by atoms with van der Waals surface area (Å²) >= 11 is 0. The molecule has 0 amide bonds. The zero-order valence-corrected chi connectivity index (χ0v) is 7.55. The van der Waals surface area contributed by atoms with E-state index in [9.17, 15) is 9.90 Å². The first kappa shape index (κ1) is 6.93. The van der Waals surface area contributed by atoms with Crippen LogP contribution in [0.3, 0.4) is 0 Å². The minimum absolute atomic E-state index is 0.149. The van der Waals surface area contributed by atoms with E-state index < -0.39 is 5.97 Å². The Labute approximate surface area is 72.0 Å². The Morgan fingerprint density at radius 1 is 1.50 bits per heavy atom. The van der Waals surface area contributed by atoms with Crippen LogP contribution in [0.2, 0.25) is 0 Å². The van der Waals surface area contributed by atoms with Crippen LogP contribution in [0.4, 0.5) is 0 Å². The summed E-state index contributed by atoms with van der Waals surface area (Å²) in [7, 11) is 0. The van der Waals surface area contributed by atoms with Gasteiger partial charge in [-0.1, -0.05) is 13.8 Å². The van der Waals surface area contributed by atoms with Crippen LogP contribution in [-0.2, 0) is 4.79 Å². The molecule has 0 radical (unpaired) electrons. The molecule has 2 unspecified atom stereocenters. The third-order valence-electron chi connectivity index (χ3n) is 5.57. The van der Waals surface area contributed by atoms with Gasteiger partial charge < -0.3 is 5.11 Å². The lowest BCUT2D eigenvalue weighted by molar-refractivity contribution is -0.336. The third kappa shape index (κ3) is 0.301. The molecule has 0 aromatic carbocycles. The fourth-order valence-electron chi connectivity index (χ4n) is 4.69. The molecule has 4 atom stereocenters. The molecule has 12 heavy (non-hydrogen) atoms. The molecule has 2 nitrogen and oxygen atoms in total. The fraction of sp³-hybridized carbons (Fsp3) is 0.900. The second kappa shape index (κ2) is 1.34. The van der Waals surface area contributed by atoms with Crippen molar-refractivity contribution in [2.45, 2.75) is 33.1 Å². The van der Waals surface area contributed by atoms with Gasteiger partial charge in [0.2, 0.25) is 0 Å². The molecule has 0 spiro atoms. The van der Waals surface area contributed by atoms with Crippen molar-refractivity contribution in [3.05, 3.63) is 0 Å². The zero-order valence-electron chi connectivity index (χ0n) is 7.55. The molecule has 2 heteroatoms. The Balaban J connectivity index is 2.12. The van der Waals surface area contributed by atoms with E-state index in [1.165, 1.54) is 0 Å². The van der Waals surface area contributed by atoms with Gasteiger partial charge in [-0.25, -0.2) is 0 Å². The third-order valence-corrected chi connectivity index (χ3v) is 5.57. The van der Waals surface area contributed by atoms with E-state index in [1.807, 2.05) is 0 Å². The number of fused-ring (bicyclic) bond motifs is 1. The Hall–Kier alpha value is -0.530. The molecule has 0 aromatic rings. The lowest BCUT2D eigenvalue weighted by Gasteiger charge is -2.80. The minimum atomic E-state index is -0.531. The molecule has 66 valence electrons. The zero-order chi connectivity index (χ0) is 8.78. The van der Waals surface area contributed by atoms with E-state index >= 15 is 0 Å². The van der Waals surface area contributed by atoms with E-state index in [0.717, 1.165) is 19.3 Å². The minimum Gasteiger partial charge on any atom is -0.481 e. The quantitative estimate of drug-likeness (QED) is 0.646. The van der Waals surface area contributed by atoms with E-state index in [-0.39, 0.29) is 10.8 Å². The summed E-state index contributed by atoms with van der Waals surface area (Å²) in [5, 5.41) is 9.19. The monoisotopic (exact) mass is 166 g/mol. The van der Waals surface area contributed by atoms with Gasteiger partial charge in [0.1, 0.15) is 0 Å². The van der Waals surface area contributed by atoms with Gasteiger partial charge >= 0.3 is 5.97 Å². The number of carbonyl (C=O) groups is 1. The lowest BCUT2D eigenvalue weighted by atomic mass is 9.22. The average Bonchev–Trinajstić information content (AvgIpc) is 2.33. The van der Waals surface area contributed by atoms with Gasteiger partial charge in [-0.15, -0.1) is 0 Å². The molecule has 4 bridgehead atoms. The van der Waals surface area contributed by atoms with Crippen molar-refractivity contribution in [3.63, 3.8) is 0 Å². The number of carboxylic acids is 1. The van der Waals surface area contributed by atoms with E-state index in [2.05, 4.69) is 13.8 Å². The molecule has 0 heterocycles. The smallest absolute Gasteiger partial charge is 0.310 e. The molecule has 1 N–H and O–H groups in total. The molecule has 5 aliphatic carbocycles. The summed E-state index contributed by atoms with van der Waals surface area (Å²) in [4.78, 5) is 11.1. The van der Waals surface area contributed by atoms with Crippen LogP contribution >= 0.6 is 0 Å². The first-order valence-electron chi connectivity index (χ1n) is 4.72. The molecule has 0 aromatic heterocycles. The number of aliphatic carboxylic acids is 1. The van der Waals surface area contributed by atoms with Gasteiger partial charge in [0.05, 0.1) is 5.41 Å². The first-order chi connectivity index (χ1) is 5.49. The maximum atomic E-state index is 11.1. The van der Waals surface area contributed by atoms with Crippen LogP contribution < -0.4 is 0 Å². The number of hydrogen-bond donors (Lipinski definition) is 1. The fourth-order valence-corrected chi connectivity index (χ4v) is 4.69. The van der Waals surface area contributed by atoms with Crippen molar-refractivity contribution in [1.29, 1.82) is 0 Å². The van der Waals surface area contributed by atoms with Gasteiger partial charge in [-0.2, -0.15) is 0 Å². The summed E-state index contributed by atoms with van der Waals surface area (Å²) in [5.74, 6) is -0.0243. The van der Waals surface area contributed by atoms with Crippen LogP contribution in [0.25, 0.3) is 0 Å². The summed E-state index contributed by atoms with van der Waals surface area (Å²) in [5.41, 5.74) is 0.254. The molecule has 5 rings (SSSR count). The normalized spacial score (nSPS) is 65.3. The summed E-state index contributed by atoms with van der Waals surface area (Å²) in [6, 6.07) is 0. The topological polar surface area (TPSA) is 37.3 Å². The van der Waals surface area contributed by atoms with Crippen LogP contribution in [0.15, 0.2) is 0 Å². The van der Waals surface area contributed by atoms with Gasteiger partial charge in [0, 0.05) is 0 Å². The van der Waals surface area contributed by atoms with Crippen molar-refractivity contribution < 1.29 is 9.90 Å². The highest BCUT2D eigenvalue weighted by molar-refractivity contribution is 5.83. The number of carboxylic acid groups (broad SMARTS) is 1. The number of hydrogen-bond acceptors (Lipinski definition) is 1. The first-order valence-corrected chi connectivity index (χ1v) is 4.72. The average molecular weight is 166 g/mol. The maximum absolute atomic E-state index is 11.1. The summed E-state index contributed by atoms with van der Waals surface area (Å²) in [6.07, 6.45) is 3.23. The highest BCUT2D eigenvalue weighted by Gasteiger charge is 2.91. The van der Waals surface area contributed by atoms with Gasteiger partial charge in [-0.05, 0) is 36.0 Å².